The molecule has 0 aromatic rings. The first kappa shape index (κ1) is 9.91. The second-order valence-corrected chi connectivity index (χ2v) is 4.47. The Labute approximate surface area is 72.3 Å². The molecule has 1 aliphatic carbocycles. The molecule has 0 aliphatic heterocycles. The van der Waals surface area contributed by atoms with E-state index in [9.17, 15) is 8.42 Å². The van der Waals surface area contributed by atoms with Crippen molar-refractivity contribution >= 4 is 10.2 Å². The van der Waals surface area contributed by atoms with Gasteiger partial charge < -0.3 is 5.21 Å². The molecule has 0 bridgehead atoms. The first-order valence-corrected chi connectivity index (χ1v) is 5.55. The molecule has 0 unspecified atom stereocenters. The van der Waals surface area contributed by atoms with Crippen LogP contribution in [0.1, 0.15) is 32.1 Å². The summed E-state index contributed by atoms with van der Waals surface area (Å²) in [4.78, 5) is 1.25. The van der Waals surface area contributed by atoms with Crippen LogP contribution in [0.5, 0.6) is 0 Å². The highest BCUT2D eigenvalue weighted by Crippen LogP contribution is 2.17. The number of hydrogen-bond acceptors (Lipinski definition) is 3. The minimum Gasteiger partial charge on any atom is -0.301 e. The summed E-state index contributed by atoms with van der Waals surface area (Å²) in [5.74, 6) is 0. The van der Waals surface area contributed by atoms with Gasteiger partial charge in [-0.1, -0.05) is 24.1 Å². The van der Waals surface area contributed by atoms with Crippen LogP contribution in [-0.2, 0) is 10.2 Å². The lowest BCUT2D eigenvalue weighted by atomic mass is 9.96. The maximum Gasteiger partial charge on any atom is 0.299 e. The molecule has 0 amide bonds. The van der Waals surface area contributed by atoms with Gasteiger partial charge in [-0.3, -0.25) is 0 Å². The van der Waals surface area contributed by atoms with Gasteiger partial charge in [-0.2, -0.15) is 13.1 Å². The van der Waals surface area contributed by atoms with Crippen LogP contribution in [0.2, 0.25) is 0 Å². The van der Waals surface area contributed by atoms with E-state index in [0.29, 0.717) is 0 Å². The second kappa shape index (κ2) is 4.18. The topological polar surface area (TPSA) is 78.4 Å². The van der Waals surface area contributed by atoms with Crippen molar-refractivity contribution in [1.82, 2.24) is 9.61 Å². The molecule has 3 N–H and O–H groups in total. The van der Waals surface area contributed by atoms with E-state index in [1.54, 1.807) is 0 Å². The molecule has 0 aromatic carbocycles. The third kappa shape index (κ3) is 3.06. The highest BCUT2D eigenvalue weighted by molar-refractivity contribution is 7.87. The Morgan fingerprint density at radius 1 is 1.17 bits per heavy atom. The van der Waals surface area contributed by atoms with Crippen molar-refractivity contribution in [1.29, 1.82) is 0 Å². The van der Waals surface area contributed by atoms with E-state index < -0.39 is 10.2 Å². The van der Waals surface area contributed by atoms with E-state index in [2.05, 4.69) is 4.72 Å². The molecule has 1 saturated carbocycles. The third-order valence-electron chi connectivity index (χ3n) is 2.05. The van der Waals surface area contributed by atoms with Crippen molar-refractivity contribution in [3.05, 3.63) is 0 Å². The van der Waals surface area contributed by atoms with E-state index >= 15 is 0 Å². The Kier molecular flexibility index (Phi) is 3.45. The van der Waals surface area contributed by atoms with Crippen molar-refractivity contribution in [2.75, 3.05) is 0 Å². The summed E-state index contributed by atoms with van der Waals surface area (Å²) in [7, 11) is -3.66. The van der Waals surface area contributed by atoms with Crippen molar-refractivity contribution in [2.24, 2.45) is 0 Å². The molecule has 1 fully saturated rings. The quantitative estimate of drug-likeness (QED) is 0.559. The fourth-order valence-corrected chi connectivity index (χ4v) is 2.19. The lowest BCUT2D eigenvalue weighted by Crippen LogP contribution is -2.42. The average molecular weight is 194 g/mol. The Hall–Kier alpha value is -0.170. The summed E-state index contributed by atoms with van der Waals surface area (Å²) in [6.07, 6.45) is 5.00. The van der Waals surface area contributed by atoms with Gasteiger partial charge in [-0.15, -0.1) is 0 Å². The van der Waals surface area contributed by atoms with Crippen LogP contribution < -0.4 is 9.61 Å². The Morgan fingerprint density at radius 2 is 1.75 bits per heavy atom. The average Bonchev–Trinajstić information content (AvgIpc) is 2.06. The molecule has 0 radical (unpaired) electrons. The van der Waals surface area contributed by atoms with E-state index in [1.807, 2.05) is 0 Å². The molecule has 6 heteroatoms. The molecule has 0 heterocycles. The monoisotopic (exact) mass is 194 g/mol. The molecule has 5 nitrogen and oxygen atoms in total. The van der Waals surface area contributed by atoms with E-state index in [4.69, 9.17) is 5.21 Å². The third-order valence-corrected chi connectivity index (χ3v) is 2.93. The van der Waals surface area contributed by atoms with E-state index in [0.717, 1.165) is 25.7 Å². The molecule has 72 valence electrons. The number of nitrogens with one attached hydrogen (secondary N) is 2. The van der Waals surface area contributed by atoms with Crippen LogP contribution in [-0.4, -0.2) is 19.7 Å². The molecule has 0 spiro atoms. The molecule has 1 rings (SSSR count). The highest BCUT2D eigenvalue weighted by atomic mass is 32.2. The van der Waals surface area contributed by atoms with Crippen LogP contribution >= 0.6 is 0 Å². The maximum absolute atomic E-state index is 10.8. The zero-order chi connectivity index (χ0) is 9.03. The molecular formula is C6H14N2O3S. The highest BCUT2D eigenvalue weighted by Gasteiger charge is 2.18. The fraction of sp³-hybridized carbons (Fsp3) is 1.00. The zero-order valence-electron chi connectivity index (χ0n) is 6.78. The van der Waals surface area contributed by atoms with Gasteiger partial charge in [0.15, 0.2) is 0 Å². The van der Waals surface area contributed by atoms with Gasteiger partial charge in [-0.05, 0) is 12.8 Å². The largest absolute Gasteiger partial charge is 0.301 e. The smallest absolute Gasteiger partial charge is 0.299 e. The normalized spacial score (nSPS) is 21.1. The summed E-state index contributed by atoms with van der Waals surface area (Å²) in [5, 5.41) is 8.22. The Bertz CT molecular complexity index is 221. The Morgan fingerprint density at radius 3 is 2.25 bits per heavy atom. The van der Waals surface area contributed by atoms with Gasteiger partial charge in [-0.25, -0.2) is 0 Å². The summed E-state index contributed by atoms with van der Waals surface area (Å²) in [6, 6.07) is -0.0107. The van der Waals surface area contributed by atoms with Crippen molar-refractivity contribution in [3.63, 3.8) is 0 Å². The molecule has 0 saturated heterocycles. The second-order valence-electron chi connectivity index (χ2n) is 3.05. The lowest BCUT2D eigenvalue weighted by molar-refractivity contribution is 0.238. The number of hydrogen-bond donors (Lipinski definition) is 3. The van der Waals surface area contributed by atoms with Crippen molar-refractivity contribution in [3.8, 4) is 0 Å². The first-order chi connectivity index (χ1) is 5.64. The van der Waals surface area contributed by atoms with Gasteiger partial charge in [0, 0.05) is 6.04 Å². The fourth-order valence-electron chi connectivity index (χ4n) is 1.47. The molecule has 12 heavy (non-hydrogen) atoms. The van der Waals surface area contributed by atoms with E-state index in [-0.39, 0.29) is 6.04 Å². The SMILES string of the molecule is O=S(=O)(NO)NC1CCCCC1. The van der Waals surface area contributed by atoms with E-state index in [1.165, 1.54) is 11.3 Å². The van der Waals surface area contributed by atoms with Crippen molar-refractivity contribution < 1.29 is 13.6 Å². The standard InChI is InChI=1S/C6H14N2O3S/c9-8-12(10,11)7-6-4-2-1-3-5-6/h6-9H,1-5H2. The van der Waals surface area contributed by atoms with Gasteiger partial charge in [0.1, 0.15) is 0 Å². The summed E-state index contributed by atoms with van der Waals surface area (Å²) in [5.41, 5.74) is 0. The molecule has 1 aliphatic rings. The minimum absolute atomic E-state index is 0.0107. The Balaban J connectivity index is 2.39. The lowest BCUT2D eigenvalue weighted by Gasteiger charge is -2.21. The van der Waals surface area contributed by atoms with Gasteiger partial charge in [0.05, 0.1) is 0 Å². The predicted octanol–water partition coefficient (Wildman–Crippen LogP) is 0.132. The zero-order valence-corrected chi connectivity index (χ0v) is 7.60. The molecule has 0 aromatic heterocycles. The van der Waals surface area contributed by atoms with Crippen molar-refractivity contribution in [2.45, 2.75) is 38.1 Å². The first-order valence-electron chi connectivity index (χ1n) is 4.07. The summed E-state index contributed by atoms with van der Waals surface area (Å²) >= 11 is 0. The summed E-state index contributed by atoms with van der Waals surface area (Å²) in [6.45, 7) is 0. The maximum atomic E-state index is 10.8. The summed E-state index contributed by atoms with van der Waals surface area (Å²) < 4.78 is 23.9. The van der Waals surface area contributed by atoms with Crippen LogP contribution in [0.15, 0.2) is 0 Å². The van der Waals surface area contributed by atoms with Crippen LogP contribution in [0, 0.1) is 0 Å². The minimum atomic E-state index is -3.66. The number of rotatable bonds is 3. The van der Waals surface area contributed by atoms with Crippen LogP contribution in [0.4, 0.5) is 0 Å². The van der Waals surface area contributed by atoms with Gasteiger partial charge >= 0.3 is 0 Å². The molecular weight excluding hydrogens is 180 g/mol. The van der Waals surface area contributed by atoms with Gasteiger partial charge in [0.25, 0.3) is 10.2 Å². The predicted molar refractivity (Wildman–Crippen MR) is 43.9 cm³/mol. The molecule has 0 atom stereocenters. The van der Waals surface area contributed by atoms with Crippen LogP contribution in [0.3, 0.4) is 0 Å². The van der Waals surface area contributed by atoms with Crippen LogP contribution in [0.25, 0.3) is 0 Å². The van der Waals surface area contributed by atoms with Gasteiger partial charge in [0.2, 0.25) is 0 Å².